The molecule has 21 heavy (non-hydrogen) atoms. The van der Waals surface area contributed by atoms with E-state index in [9.17, 15) is 0 Å². The maximum Gasteiger partial charge on any atom is 0.213 e. The molecule has 0 saturated carbocycles. The summed E-state index contributed by atoms with van der Waals surface area (Å²) in [4.78, 5) is 8.73. The predicted molar refractivity (Wildman–Crippen MR) is 79.5 cm³/mol. The SMILES string of the molecule is COc1cccc(CNc2cccnc2-n2cccn2)n1. The van der Waals surface area contributed by atoms with E-state index in [4.69, 9.17) is 4.74 Å². The summed E-state index contributed by atoms with van der Waals surface area (Å²) < 4.78 is 6.85. The average Bonchev–Trinajstić information content (AvgIpc) is 3.08. The van der Waals surface area contributed by atoms with Gasteiger partial charge in [-0.3, -0.25) is 0 Å². The fraction of sp³-hybridized carbons (Fsp3) is 0.133. The number of hydrogen-bond donors (Lipinski definition) is 1. The highest BCUT2D eigenvalue weighted by molar-refractivity contribution is 5.56. The smallest absolute Gasteiger partial charge is 0.213 e. The summed E-state index contributed by atoms with van der Waals surface area (Å²) >= 11 is 0. The van der Waals surface area contributed by atoms with E-state index < -0.39 is 0 Å². The molecule has 0 radical (unpaired) electrons. The first-order chi connectivity index (χ1) is 10.4. The molecule has 0 aromatic carbocycles. The molecule has 106 valence electrons. The van der Waals surface area contributed by atoms with Crippen LogP contribution < -0.4 is 10.1 Å². The number of methoxy groups -OCH3 is 1. The molecule has 6 nitrogen and oxygen atoms in total. The number of nitrogens with one attached hydrogen (secondary N) is 1. The molecule has 0 aliphatic carbocycles. The van der Waals surface area contributed by atoms with E-state index in [1.165, 1.54) is 0 Å². The van der Waals surface area contributed by atoms with Gasteiger partial charge in [-0.25, -0.2) is 14.6 Å². The van der Waals surface area contributed by atoms with Gasteiger partial charge < -0.3 is 10.1 Å². The van der Waals surface area contributed by atoms with E-state index >= 15 is 0 Å². The Morgan fingerprint density at radius 2 is 2.10 bits per heavy atom. The van der Waals surface area contributed by atoms with Gasteiger partial charge in [0.25, 0.3) is 0 Å². The Morgan fingerprint density at radius 1 is 1.14 bits per heavy atom. The van der Waals surface area contributed by atoms with Crippen LogP contribution in [0.4, 0.5) is 5.69 Å². The second kappa shape index (κ2) is 6.04. The largest absolute Gasteiger partial charge is 0.481 e. The molecule has 3 aromatic heterocycles. The van der Waals surface area contributed by atoms with Crippen molar-refractivity contribution in [2.24, 2.45) is 0 Å². The van der Waals surface area contributed by atoms with Crippen molar-refractivity contribution in [3.63, 3.8) is 0 Å². The van der Waals surface area contributed by atoms with Crippen molar-refractivity contribution in [2.75, 3.05) is 12.4 Å². The third-order valence-electron chi connectivity index (χ3n) is 2.96. The van der Waals surface area contributed by atoms with Crippen molar-refractivity contribution in [1.29, 1.82) is 0 Å². The van der Waals surface area contributed by atoms with E-state index in [2.05, 4.69) is 20.4 Å². The molecule has 6 heteroatoms. The third kappa shape index (κ3) is 3.00. The van der Waals surface area contributed by atoms with E-state index in [0.717, 1.165) is 17.2 Å². The number of hydrogen-bond acceptors (Lipinski definition) is 5. The lowest BCUT2D eigenvalue weighted by atomic mass is 10.3. The Hall–Kier alpha value is -2.89. The Labute approximate surface area is 122 Å². The summed E-state index contributed by atoms with van der Waals surface area (Å²) in [6.07, 6.45) is 5.32. The molecule has 3 rings (SSSR count). The van der Waals surface area contributed by atoms with Gasteiger partial charge in [0.15, 0.2) is 5.82 Å². The second-order valence-electron chi connectivity index (χ2n) is 4.35. The normalized spacial score (nSPS) is 10.3. The van der Waals surface area contributed by atoms with Crippen molar-refractivity contribution in [1.82, 2.24) is 19.7 Å². The van der Waals surface area contributed by atoms with E-state index in [1.807, 2.05) is 42.6 Å². The fourth-order valence-corrected chi connectivity index (χ4v) is 1.97. The molecule has 0 aliphatic heterocycles. The van der Waals surface area contributed by atoms with Crippen molar-refractivity contribution >= 4 is 5.69 Å². The molecule has 1 N–H and O–H groups in total. The molecule has 0 fully saturated rings. The number of nitrogens with zero attached hydrogens (tertiary/aromatic N) is 4. The van der Waals surface area contributed by atoms with Crippen LogP contribution in [0.15, 0.2) is 55.0 Å². The van der Waals surface area contributed by atoms with Crippen LogP contribution in [0.1, 0.15) is 5.69 Å². The summed E-state index contributed by atoms with van der Waals surface area (Å²) in [5, 5.41) is 7.54. The number of aromatic nitrogens is 4. The fourth-order valence-electron chi connectivity index (χ4n) is 1.97. The quantitative estimate of drug-likeness (QED) is 0.777. The molecule has 0 unspecified atom stereocenters. The van der Waals surface area contributed by atoms with Gasteiger partial charge in [-0.05, 0) is 24.3 Å². The number of ether oxygens (including phenoxy) is 1. The Bertz CT molecular complexity index is 712. The second-order valence-corrected chi connectivity index (χ2v) is 4.35. The monoisotopic (exact) mass is 281 g/mol. The maximum absolute atomic E-state index is 5.12. The highest BCUT2D eigenvalue weighted by Crippen LogP contribution is 2.17. The van der Waals surface area contributed by atoms with E-state index in [1.54, 1.807) is 24.2 Å². The molecule has 0 aliphatic rings. The van der Waals surface area contributed by atoms with Crippen LogP contribution in [0.2, 0.25) is 0 Å². The summed E-state index contributed by atoms with van der Waals surface area (Å²) in [7, 11) is 1.61. The van der Waals surface area contributed by atoms with Crippen LogP contribution >= 0.6 is 0 Å². The summed E-state index contributed by atoms with van der Waals surface area (Å²) in [5.41, 5.74) is 1.79. The highest BCUT2D eigenvalue weighted by atomic mass is 16.5. The van der Waals surface area contributed by atoms with Gasteiger partial charge in [0, 0.05) is 24.7 Å². The summed E-state index contributed by atoms with van der Waals surface area (Å²) in [5.74, 6) is 1.36. The van der Waals surface area contributed by atoms with Gasteiger partial charge in [-0.2, -0.15) is 5.10 Å². The van der Waals surface area contributed by atoms with Gasteiger partial charge >= 0.3 is 0 Å². The van der Waals surface area contributed by atoms with Gasteiger partial charge in [-0.15, -0.1) is 0 Å². The molecular formula is C15H15N5O. The first-order valence-corrected chi connectivity index (χ1v) is 6.55. The zero-order valence-electron chi connectivity index (χ0n) is 11.6. The Balaban J connectivity index is 1.79. The third-order valence-corrected chi connectivity index (χ3v) is 2.96. The topological polar surface area (TPSA) is 64.9 Å². The maximum atomic E-state index is 5.12. The zero-order valence-corrected chi connectivity index (χ0v) is 11.6. The zero-order chi connectivity index (χ0) is 14.5. The molecule has 0 amide bonds. The van der Waals surface area contributed by atoms with Crippen molar-refractivity contribution < 1.29 is 4.74 Å². The van der Waals surface area contributed by atoms with Gasteiger partial charge in [0.1, 0.15) is 0 Å². The Morgan fingerprint density at radius 3 is 2.90 bits per heavy atom. The van der Waals surface area contributed by atoms with Gasteiger partial charge in [0.2, 0.25) is 5.88 Å². The standard InChI is InChI=1S/C15H15N5O/c1-21-14-7-2-5-12(19-14)11-17-13-6-3-8-16-15(13)20-10-4-9-18-20/h2-10,17H,11H2,1H3. The number of rotatable bonds is 5. The van der Waals surface area contributed by atoms with Gasteiger partial charge in [0.05, 0.1) is 25.0 Å². The predicted octanol–water partition coefficient (Wildman–Crippen LogP) is 2.28. The molecule has 0 atom stereocenters. The van der Waals surface area contributed by atoms with E-state index in [0.29, 0.717) is 12.4 Å². The number of pyridine rings is 2. The molecule has 0 bridgehead atoms. The highest BCUT2D eigenvalue weighted by Gasteiger charge is 2.06. The Kier molecular flexibility index (Phi) is 3.77. The molecular weight excluding hydrogens is 266 g/mol. The van der Waals surface area contributed by atoms with Gasteiger partial charge in [-0.1, -0.05) is 6.07 Å². The van der Waals surface area contributed by atoms with Crippen molar-refractivity contribution in [3.8, 4) is 11.7 Å². The first-order valence-electron chi connectivity index (χ1n) is 6.55. The van der Waals surface area contributed by atoms with Crippen LogP contribution in [0.25, 0.3) is 5.82 Å². The minimum atomic E-state index is 0.581. The first kappa shape index (κ1) is 13.1. The molecule has 3 heterocycles. The lowest BCUT2D eigenvalue weighted by Gasteiger charge is -2.11. The molecule has 3 aromatic rings. The van der Waals surface area contributed by atoms with E-state index in [-0.39, 0.29) is 0 Å². The minimum Gasteiger partial charge on any atom is -0.481 e. The summed E-state index contributed by atoms with van der Waals surface area (Å²) in [6, 6.07) is 11.4. The van der Waals surface area contributed by atoms with Crippen LogP contribution in [0.5, 0.6) is 5.88 Å². The van der Waals surface area contributed by atoms with Crippen LogP contribution in [0.3, 0.4) is 0 Å². The van der Waals surface area contributed by atoms with Crippen LogP contribution in [-0.2, 0) is 6.54 Å². The van der Waals surface area contributed by atoms with Crippen molar-refractivity contribution in [2.45, 2.75) is 6.54 Å². The summed E-state index contributed by atoms with van der Waals surface area (Å²) in [6.45, 7) is 0.581. The van der Waals surface area contributed by atoms with Crippen LogP contribution in [0, 0.1) is 0 Å². The molecule has 0 saturated heterocycles. The van der Waals surface area contributed by atoms with Crippen molar-refractivity contribution in [3.05, 3.63) is 60.7 Å². The minimum absolute atomic E-state index is 0.581. The lowest BCUT2D eigenvalue weighted by molar-refractivity contribution is 0.396. The average molecular weight is 281 g/mol. The van der Waals surface area contributed by atoms with Crippen LogP contribution in [-0.4, -0.2) is 26.9 Å². The lowest BCUT2D eigenvalue weighted by Crippen LogP contribution is -2.07. The number of anilines is 1. The molecule has 0 spiro atoms.